The topological polar surface area (TPSA) is 159 Å². The molecular formula is C37H41N7O4. The van der Waals surface area contributed by atoms with E-state index in [0.29, 0.717) is 23.8 Å². The van der Waals surface area contributed by atoms with Crippen molar-refractivity contribution < 1.29 is 19.8 Å². The van der Waals surface area contributed by atoms with Crippen molar-refractivity contribution in [3.63, 3.8) is 0 Å². The van der Waals surface area contributed by atoms with Crippen molar-refractivity contribution in [1.29, 1.82) is 0 Å². The summed E-state index contributed by atoms with van der Waals surface area (Å²) in [5, 5.41) is 25.7. The zero-order chi connectivity index (χ0) is 32.7. The quantitative estimate of drug-likeness (QED) is 0.131. The molecule has 0 bridgehead atoms. The number of benzene rings is 2. The summed E-state index contributed by atoms with van der Waals surface area (Å²) in [5.41, 5.74) is 8.93. The number of carbonyl (C=O) groups excluding carboxylic acids is 1. The van der Waals surface area contributed by atoms with E-state index in [4.69, 9.17) is 9.97 Å². The third-order valence-electron chi connectivity index (χ3n) is 11.8. The van der Waals surface area contributed by atoms with Crippen LogP contribution in [0.5, 0.6) is 0 Å². The molecule has 0 radical (unpaired) electrons. The van der Waals surface area contributed by atoms with E-state index < -0.39 is 24.1 Å². The minimum Gasteiger partial charge on any atom is -0.465 e. The first-order chi connectivity index (χ1) is 23.3. The Hall–Kier alpha value is -4.48. The van der Waals surface area contributed by atoms with Crippen molar-refractivity contribution in [2.24, 2.45) is 11.8 Å². The number of carbonyl (C=O) groups is 2. The molecule has 248 valence electrons. The molecule has 2 saturated heterocycles. The number of aromatic amines is 2. The van der Waals surface area contributed by atoms with Crippen LogP contribution < -0.4 is 10.6 Å². The highest BCUT2D eigenvalue weighted by Gasteiger charge is 2.49. The van der Waals surface area contributed by atoms with Gasteiger partial charge in [0.05, 0.1) is 42.0 Å². The van der Waals surface area contributed by atoms with Crippen molar-refractivity contribution in [2.45, 2.75) is 94.6 Å². The summed E-state index contributed by atoms with van der Waals surface area (Å²) in [6.07, 6.45) is 10.1. The maximum absolute atomic E-state index is 13.7. The van der Waals surface area contributed by atoms with E-state index in [1.165, 1.54) is 54.9 Å². The molecule has 4 fully saturated rings. The molecule has 5 aliphatic rings. The SMILES string of the molecule is C[C@@H](O)[C@H](NC(=O)O)C(=O)N1[C@H](c2ncc(-c3ccc4c(c3)-c3ccc(-c5cnc([C@@H]6C[C@@H]7CCC[C@@H]7N6)[nH]5)cc3-4)[nH]2)C[C@@H]2CCC[C@@H]21. The summed E-state index contributed by atoms with van der Waals surface area (Å²) in [4.78, 5) is 43.6. The maximum atomic E-state index is 13.7. The number of aliphatic hydroxyl groups excluding tert-OH is 1. The molecule has 3 aliphatic carbocycles. The lowest BCUT2D eigenvalue weighted by atomic mass is 9.78. The number of nitrogens with one attached hydrogen (secondary N) is 4. The number of hydrogen-bond acceptors (Lipinski definition) is 6. The van der Waals surface area contributed by atoms with Gasteiger partial charge in [-0.05, 0) is 91.7 Å². The molecule has 11 nitrogen and oxygen atoms in total. The number of likely N-dealkylation sites (tertiary alicyclic amines) is 1. The van der Waals surface area contributed by atoms with Gasteiger partial charge in [0.2, 0.25) is 5.91 Å². The van der Waals surface area contributed by atoms with Crippen LogP contribution in [0.1, 0.15) is 82.0 Å². The van der Waals surface area contributed by atoms with Gasteiger partial charge in [-0.2, -0.15) is 0 Å². The highest BCUT2D eigenvalue weighted by atomic mass is 16.4. The van der Waals surface area contributed by atoms with Crippen LogP contribution in [0.25, 0.3) is 44.8 Å². The van der Waals surface area contributed by atoms with Gasteiger partial charge >= 0.3 is 6.09 Å². The van der Waals surface area contributed by atoms with E-state index in [1.807, 2.05) is 12.4 Å². The van der Waals surface area contributed by atoms with Crippen LogP contribution in [0.3, 0.4) is 0 Å². The monoisotopic (exact) mass is 647 g/mol. The fraction of sp³-hybridized carbons (Fsp3) is 0.459. The van der Waals surface area contributed by atoms with E-state index in [0.717, 1.165) is 59.9 Å². The third kappa shape index (κ3) is 4.77. The Morgan fingerprint density at radius 2 is 1.50 bits per heavy atom. The first-order valence-electron chi connectivity index (χ1n) is 17.5. The minimum atomic E-state index is -1.33. The fourth-order valence-electron chi connectivity index (χ4n) is 9.48. The maximum Gasteiger partial charge on any atom is 0.405 e. The summed E-state index contributed by atoms with van der Waals surface area (Å²) >= 11 is 0. The molecule has 0 spiro atoms. The number of H-pyrrole nitrogens is 2. The first-order valence-corrected chi connectivity index (χ1v) is 17.5. The second-order valence-corrected chi connectivity index (χ2v) is 14.6. The molecule has 2 aromatic heterocycles. The largest absolute Gasteiger partial charge is 0.465 e. The molecule has 8 atom stereocenters. The smallest absolute Gasteiger partial charge is 0.405 e. The number of hydrogen-bond donors (Lipinski definition) is 6. The molecule has 48 heavy (non-hydrogen) atoms. The molecule has 2 aliphatic heterocycles. The zero-order valence-corrected chi connectivity index (χ0v) is 26.9. The van der Waals surface area contributed by atoms with Crippen LogP contribution in [0.2, 0.25) is 0 Å². The standard InChI is InChI=1S/C37H41N7O4/c1-18(45)33(43-37(47)48)36(46)44-31-7-3-5-22(31)15-32(44)35-39-17-30(42-35)21-9-11-24-25-12-20(8-10-23(25)26(24)13-21)29-16-38-34(41-29)28-14-19-4-2-6-27(19)40-28/h8-13,16-19,22,27-28,31-33,40,43,45H,2-7,14-15H2,1H3,(H,38,41)(H,39,42)(H,47,48)/t18-,19+,22+,27+,28+,31+,32+,33+/m1/s1. The normalized spacial score (nSPS) is 27.9. The van der Waals surface area contributed by atoms with Gasteiger partial charge in [0.1, 0.15) is 17.7 Å². The van der Waals surface area contributed by atoms with Crippen LogP contribution >= 0.6 is 0 Å². The van der Waals surface area contributed by atoms with Crippen LogP contribution in [-0.4, -0.2) is 71.3 Å². The van der Waals surface area contributed by atoms with E-state index >= 15 is 0 Å². The van der Waals surface area contributed by atoms with E-state index in [1.54, 1.807) is 4.90 Å². The molecule has 2 amide bonds. The average molecular weight is 648 g/mol. The Morgan fingerprint density at radius 3 is 2.17 bits per heavy atom. The van der Waals surface area contributed by atoms with Crippen molar-refractivity contribution in [1.82, 2.24) is 35.5 Å². The second kappa shape index (κ2) is 11.3. The molecule has 2 aromatic carbocycles. The van der Waals surface area contributed by atoms with Crippen LogP contribution in [-0.2, 0) is 4.79 Å². The number of imidazole rings is 2. The van der Waals surface area contributed by atoms with E-state index in [-0.39, 0.29) is 12.1 Å². The summed E-state index contributed by atoms with van der Waals surface area (Å²) in [6, 6.07) is 12.5. The van der Waals surface area contributed by atoms with Crippen molar-refractivity contribution >= 4 is 12.0 Å². The number of aliphatic hydroxyl groups is 1. The average Bonchev–Trinajstić information content (AvgIpc) is 3.90. The van der Waals surface area contributed by atoms with Gasteiger partial charge in [-0.15, -0.1) is 0 Å². The Kier molecular flexibility index (Phi) is 6.98. The van der Waals surface area contributed by atoms with Crippen molar-refractivity contribution in [2.75, 3.05) is 0 Å². The van der Waals surface area contributed by atoms with Gasteiger partial charge in [-0.3, -0.25) is 4.79 Å². The molecule has 9 rings (SSSR count). The lowest BCUT2D eigenvalue weighted by Crippen LogP contribution is -2.55. The third-order valence-corrected chi connectivity index (χ3v) is 11.8. The van der Waals surface area contributed by atoms with Gasteiger partial charge in [0.15, 0.2) is 0 Å². The highest BCUT2D eigenvalue weighted by molar-refractivity contribution is 6.04. The van der Waals surface area contributed by atoms with E-state index in [2.05, 4.69) is 57.0 Å². The summed E-state index contributed by atoms with van der Waals surface area (Å²) in [6.45, 7) is 1.44. The van der Waals surface area contributed by atoms with Crippen molar-refractivity contribution in [3.8, 4) is 44.8 Å². The van der Waals surface area contributed by atoms with Crippen molar-refractivity contribution in [3.05, 3.63) is 60.4 Å². The van der Waals surface area contributed by atoms with Gasteiger partial charge in [0, 0.05) is 23.2 Å². The summed E-state index contributed by atoms with van der Waals surface area (Å²) in [7, 11) is 0. The van der Waals surface area contributed by atoms with E-state index in [9.17, 15) is 19.8 Å². The van der Waals surface area contributed by atoms with Gasteiger partial charge in [-0.1, -0.05) is 37.1 Å². The van der Waals surface area contributed by atoms with Gasteiger partial charge < -0.3 is 35.7 Å². The molecule has 11 heteroatoms. The van der Waals surface area contributed by atoms with Crippen LogP contribution in [0.4, 0.5) is 4.79 Å². The fourth-order valence-corrected chi connectivity index (χ4v) is 9.48. The predicted octanol–water partition coefficient (Wildman–Crippen LogP) is 5.78. The Labute approximate surface area is 278 Å². The molecule has 4 heterocycles. The molecular weight excluding hydrogens is 606 g/mol. The molecule has 0 unspecified atom stereocenters. The Balaban J connectivity index is 0.937. The summed E-state index contributed by atoms with van der Waals surface area (Å²) < 4.78 is 0. The number of nitrogens with zero attached hydrogens (tertiary/aromatic N) is 3. The molecule has 2 saturated carbocycles. The van der Waals surface area contributed by atoms with Crippen LogP contribution in [0, 0.1) is 11.8 Å². The Bertz CT molecular complexity index is 1900. The Morgan fingerprint density at radius 1 is 0.854 bits per heavy atom. The number of amides is 2. The van der Waals surface area contributed by atoms with Crippen LogP contribution in [0.15, 0.2) is 48.8 Å². The number of rotatable bonds is 7. The van der Waals surface area contributed by atoms with Gasteiger partial charge in [0.25, 0.3) is 0 Å². The number of fused-ring (bicyclic) bond motifs is 6. The zero-order valence-electron chi connectivity index (χ0n) is 26.9. The van der Waals surface area contributed by atoms with Gasteiger partial charge in [-0.25, -0.2) is 14.8 Å². The number of aromatic nitrogens is 4. The lowest BCUT2D eigenvalue weighted by Gasteiger charge is -2.33. The second-order valence-electron chi connectivity index (χ2n) is 14.6. The molecule has 4 aromatic rings. The summed E-state index contributed by atoms with van der Waals surface area (Å²) in [5.74, 6) is 2.45. The minimum absolute atomic E-state index is 0.0122. The lowest BCUT2D eigenvalue weighted by molar-refractivity contribution is -0.139. The predicted molar refractivity (Wildman–Crippen MR) is 180 cm³/mol. The first kappa shape index (κ1) is 29.6. The number of carboxylic acid groups (broad SMARTS) is 1. The molecule has 6 N–H and O–H groups in total. The highest BCUT2D eigenvalue weighted by Crippen LogP contribution is 2.51.